The van der Waals surface area contributed by atoms with Crippen LogP contribution in [-0.4, -0.2) is 37.7 Å². The Morgan fingerprint density at radius 3 is 2.46 bits per heavy atom. The normalized spacial score (nSPS) is 11.2. The molecule has 0 atom stereocenters. The van der Waals surface area contributed by atoms with Crippen LogP contribution < -0.4 is 20.7 Å². The van der Waals surface area contributed by atoms with Crippen LogP contribution in [-0.2, 0) is 30.7 Å². The number of amides is 1. The van der Waals surface area contributed by atoms with Gasteiger partial charge in [0.05, 0.1) is 19.3 Å². The number of nitrogens with zero attached hydrogens (tertiary/aromatic N) is 2. The molecular weight excluding hydrogens is 358 g/mol. The molecule has 1 amide bonds. The molecule has 0 fully saturated rings. The monoisotopic (exact) mass is 387 g/mol. The average molecular weight is 387 g/mol. The number of hydrogen-bond donors (Lipinski definition) is 3. The van der Waals surface area contributed by atoms with Crippen molar-refractivity contribution in [1.82, 2.24) is 21.1 Å². The van der Waals surface area contributed by atoms with E-state index in [9.17, 15) is 4.79 Å². The smallest absolute Gasteiger partial charge is 0.239 e. The van der Waals surface area contributed by atoms with E-state index in [2.05, 4.69) is 26.1 Å². The predicted octanol–water partition coefficient (Wildman–Crippen LogP) is 1.79. The Balaban J connectivity index is 1.78. The molecule has 1 aromatic carbocycles. The van der Waals surface area contributed by atoms with Crippen molar-refractivity contribution >= 4 is 11.9 Å². The van der Waals surface area contributed by atoms with Crippen molar-refractivity contribution < 1.29 is 14.1 Å². The van der Waals surface area contributed by atoms with E-state index in [1.54, 1.807) is 14.2 Å². The number of aliphatic imine (C=N–C) groups is 1. The second-order valence-corrected chi connectivity index (χ2v) is 6.14. The topological polar surface area (TPSA) is 101 Å². The van der Waals surface area contributed by atoms with Crippen molar-refractivity contribution in [2.75, 3.05) is 20.7 Å². The molecule has 8 nitrogen and oxygen atoms in total. The van der Waals surface area contributed by atoms with Crippen molar-refractivity contribution in [3.8, 4) is 5.75 Å². The number of guanidine groups is 1. The van der Waals surface area contributed by atoms with Gasteiger partial charge in [0.1, 0.15) is 11.5 Å². The van der Waals surface area contributed by atoms with Crippen LogP contribution in [0.15, 0.2) is 33.8 Å². The number of aromatic nitrogens is 1. The summed E-state index contributed by atoms with van der Waals surface area (Å²) in [5.41, 5.74) is 3.00. The van der Waals surface area contributed by atoms with Gasteiger partial charge in [-0.05, 0) is 24.1 Å². The van der Waals surface area contributed by atoms with E-state index in [1.807, 2.05) is 38.1 Å². The summed E-state index contributed by atoms with van der Waals surface area (Å²) in [7, 11) is 3.29. The molecule has 1 heterocycles. The summed E-state index contributed by atoms with van der Waals surface area (Å²) in [5.74, 6) is 2.09. The van der Waals surface area contributed by atoms with Crippen LogP contribution in [0.1, 0.15) is 36.4 Å². The summed E-state index contributed by atoms with van der Waals surface area (Å²) >= 11 is 0. The summed E-state index contributed by atoms with van der Waals surface area (Å²) in [6, 6.07) is 7.57. The molecule has 28 heavy (non-hydrogen) atoms. The highest BCUT2D eigenvalue weighted by Crippen LogP contribution is 2.15. The van der Waals surface area contributed by atoms with Crippen LogP contribution >= 0.6 is 0 Å². The number of hydrogen-bond acceptors (Lipinski definition) is 5. The van der Waals surface area contributed by atoms with Gasteiger partial charge in [-0.25, -0.2) is 0 Å². The summed E-state index contributed by atoms with van der Waals surface area (Å²) in [6.07, 6.45) is 1.59. The number of aryl methyl sites for hydroxylation is 2. The van der Waals surface area contributed by atoms with Gasteiger partial charge in [-0.15, -0.1) is 0 Å². The SMILES string of the molecule is CCc1noc(CC)c1CNC(=NC)NCC(=O)NCc1ccc(OC)cc1. The first-order valence-corrected chi connectivity index (χ1v) is 9.41. The predicted molar refractivity (Wildman–Crippen MR) is 108 cm³/mol. The van der Waals surface area contributed by atoms with E-state index in [4.69, 9.17) is 9.26 Å². The summed E-state index contributed by atoms with van der Waals surface area (Å²) < 4.78 is 10.5. The van der Waals surface area contributed by atoms with Gasteiger partial charge < -0.3 is 25.2 Å². The van der Waals surface area contributed by atoms with Crippen molar-refractivity contribution in [2.45, 2.75) is 39.8 Å². The Morgan fingerprint density at radius 2 is 1.86 bits per heavy atom. The van der Waals surface area contributed by atoms with Gasteiger partial charge in [-0.3, -0.25) is 9.79 Å². The quantitative estimate of drug-likeness (QED) is 0.448. The molecule has 0 bridgehead atoms. The molecule has 0 saturated carbocycles. The van der Waals surface area contributed by atoms with E-state index in [-0.39, 0.29) is 12.5 Å². The third-order valence-corrected chi connectivity index (χ3v) is 4.33. The minimum absolute atomic E-state index is 0.118. The Morgan fingerprint density at radius 1 is 1.11 bits per heavy atom. The lowest BCUT2D eigenvalue weighted by atomic mass is 10.1. The Bertz CT molecular complexity index is 762. The Hall–Kier alpha value is -3.03. The third-order valence-electron chi connectivity index (χ3n) is 4.33. The molecule has 2 aromatic rings. The average Bonchev–Trinajstić information content (AvgIpc) is 3.14. The maximum atomic E-state index is 12.1. The minimum Gasteiger partial charge on any atom is -0.497 e. The lowest BCUT2D eigenvalue weighted by Gasteiger charge is -2.12. The zero-order valence-electron chi connectivity index (χ0n) is 17.0. The molecule has 0 spiro atoms. The molecule has 0 aliphatic carbocycles. The molecule has 1 aromatic heterocycles. The van der Waals surface area contributed by atoms with Crippen LogP contribution in [0.5, 0.6) is 5.75 Å². The molecular formula is C20H29N5O3. The lowest BCUT2D eigenvalue weighted by molar-refractivity contribution is -0.120. The van der Waals surface area contributed by atoms with Crippen LogP contribution in [0.4, 0.5) is 0 Å². The molecule has 3 N–H and O–H groups in total. The van der Waals surface area contributed by atoms with Crippen molar-refractivity contribution in [2.24, 2.45) is 4.99 Å². The standard InChI is InChI=1S/C20H29N5O3/c1-5-17-16(18(6-2)28-25-17)12-23-20(21-3)24-13-19(26)22-11-14-7-9-15(27-4)10-8-14/h7-10H,5-6,11-13H2,1-4H3,(H,22,26)(H2,21,23,24). The first kappa shape index (κ1) is 21.3. The number of carbonyl (C=O) groups excluding carboxylic acids is 1. The summed E-state index contributed by atoms with van der Waals surface area (Å²) in [4.78, 5) is 16.2. The highest BCUT2D eigenvalue weighted by Gasteiger charge is 2.13. The fraction of sp³-hybridized carbons (Fsp3) is 0.450. The second kappa shape index (κ2) is 11.0. The van der Waals surface area contributed by atoms with Crippen molar-refractivity contribution in [3.05, 3.63) is 46.8 Å². The Labute approximate surface area is 165 Å². The molecule has 2 rings (SSSR count). The van der Waals surface area contributed by atoms with E-state index in [0.29, 0.717) is 19.0 Å². The van der Waals surface area contributed by atoms with Crippen molar-refractivity contribution in [3.63, 3.8) is 0 Å². The molecule has 152 valence electrons. The number of benzene rings is 1. The molecule has 0 radical (unpaired) electrons. The van der Waals surface area contributed by atoms with Gasteiger partial charge >= 0.3 is 0 Å². The van der Waals surface area contributed by atoms with Gasteiger partial charge in [0.25, 0.3) is 0 Å². The fourth-order valence-corrected chi connectivity index (χ4v) is 2.70. The van der Waals surface area contributed by atoms with Crippen LogP contribution in [0, 0.1) is 0 Å². The summed E-state index contributed by atoms with van der Waals surface area (Å²) in [5, 5.41) is 13.2. The second-order valence-electron chi connectivity index (χ2n) is 6.14. The molecule has 0 unspecified atom stereocenters. The van der Waals surface area contributed by atoms with Gasteiger partial charge in [-0.1, -0.05) is 31.1 Å². The van der Waals surface area contributed by atoms with Crippen LogP contribution in [0.3, 0.4) is 0 Å². The zero-order chi connectivity index (χ0) is 20.4. The van der Waals surface area contributed by atoms with E-state index in [0.717, 1.165) is 41.2 Å². The van der Waals surface area contributed by atoms with Gasteiger partial charge in [0.15, 0.2) is 5.96 Å². The largest absolute Gasteiger partial charge is 0.497 e. The fourth-order valence-electron chi connectivity index (χ4n) is 2.70. The first-order valence-electron chi connectivity index (χ1n) is 9.41. The molecule has 0 saturated heterocycles. The molecule has 8 heteroatoms. The van der Waals surface area contributed by atoms with E-state index < -0.39 is 0 Å². The lowest BCUT2D eigenvalue weighted by Crippen LogP contribution is -2.42. The minimum atomic E-state index is -0.118. The van der Waals surface area contributed by atoms with Gasteiger partial charge in [0.2, 0.25) is 5.91 Å². The maximum Gasteiger partial charge on any atom is 0.239 e. The van der Waals surface area contributed by atoms with Crippen LogP contribution in [0.2, 0.25) is 0 Å². The first-order chi connectivity index (χ1) is 13.6. The van der Waals surface area contributed by atoms with E-state index in [1.165, 1.54) is 0 Å². The van der Waals surface area contributed by atoms with Crippen molar-refractivity contribution in [1.29, 1.82) is 0 Å². The number of ether oxygens (including phenoxy) is 1. The zero-order valence-corrected chi connectivity index (χ0v) is 17.0. The highest BCUT2D eigenvalue weighted by atomic mass is 16.5. The molecule has 0 aliphatic heterocycles. The number of methoxy groups -OCH3 is 1. The van der Waals surface area contributed by atoms with Gasteiger partial charge in [0, 0.05) is 32.1 Å². The van der Waals surface area contributed by atoms with Crippen LogP contribution in [0.25, 0.3) is 0 Å². The summed E-state index contributed by atoms with van der Waals surface area (Å²) in [6.45, 7) is 5.20. The van der Waals surface area contributed by atoms with Gasteiger partial charge in [-0.2, -0.15) is 0 Å². The number of nitrogens with one attached hydrogen (secondary N) is 3. The Kier molecular flexibility index (Phi) is 8.33. The molecule has 0 aliphatic rings. The number of rotatable bonds is 9. The highest BCUT2D eigenvalue weighted by molar-refractivity contribution is 5.86. The van der Waals surface area contributed by atoms with E-state index >= 15 is 0 Å². The third kappa shape index (κ3) is 6.00. The maximum absolute atomic E-state index is 12.1. The number of carbonyl (C=O) groups is 1.